The molecule has 35 heavy (non-hydrogen) atoms. The average molecular weight is 494 g/mol. The molecule has 0 aliphatic heterocycles. The van der Waals surface area contributed by atoms with Crippen LogP contribution in [0.3, 0.4) is 0 Å². The second kappa shape index (κ2) is 9.90. The third kappa shape index (κ3) is 6.18. The van der Waals surface area contributed by atoms with Crippen molar-refractivity contribution in [3.63, 3.8) is 0 Å². The quantitative estimate of drug-likeness (QED) is 0.337. The van der Waals surface area contributed by atoms with Crippen LogP contribution in [0.2, 0.25) is 0 Å². The van der Waals surface area contributed by atoms with Crippen molar-refractivity contribution in [3.8, 4) is 5.75 Å². The first-order valence-corrected chi connectivity index (χ1v) is 12.4. The monoisotopic (exact) mass is 493 g/mol. The lowest BCUT2D eigenvalue weighted by Crippen LogP contribution is -2.15. The molecule has 0 spiro atoms. The van der Waals surface area contributed by atoms with Gasteiger partial charge in [0, 0.05) is 16.8 Å². The van der Waals surface area contributed by atoms with Gasteiger partial charge in [0.15, 0.2) is 5.76 Å². The Morgan fingerprint density at radius 3 is 2.31 bits per heavy atom. The Labute approximate surface area is 202 Å². The van der Waals surface area contributed by atoms with E-state index in [0.29, 0.717) is 22.7 Å². The minimum Gasteiger partial charge on any atom is -0.495 e. The van der Waals surface area contributed by atoms with E-state index in [1.165, 1.54) is 13.2 Å². The van der Waals surface area contributed by atoms with E-state index in [-0.39, 0.29) is 29.7 Å². The number of hydrogen-bond donors (Lipinski definition) is 3. The van der Waals surface area contributed by atoms with E-state index in [0.717, 1.165) is 17.2 Å². The number of benzene rings is 3. The number of anilines is 3. The van der Waals surface area contributed by atoms with E-state index in [1.807, 2.05) is 18.2 Å². The Balaban J connectivity index is 1.37. The van der Waals surface area contributed by atoms with Gasteiger partial charge in [-0.1, -0.05) is 30.3 Å². The summed E-state index contributed by atoms with van der Waals surface area (Å²) in [5.74, 6) is -0.128. The van der Waals surface area contributed by atoms with Crippen molar-refractivity contribution >= 4 is 49.9 Å². The predicted molar refractivity (Wildman–Crippen MR) is 134 cm³/mol. The summed E-state index contributed by atoms with van der Waals surface area (Å²) in [7, 11) is -2.10. The molecule has 0 saturated heterocycles. The van der Waals surface area contributed by atoms with Crippen molar-refractivity contribution < 1.29 is 27.2 Å². The third-order valence-corrected chi connectivity index (χ3v) is 5.60. The fourth-order valence-electron chi connectivity index (χ4n) is 3.45. The highest BCUT2D eigenvalue weighted by Crippen LogP contribution is 2.28. The summed E-state index contributed by atoms with van der Waals surface area (Å²) in [4.78, 5) is 25.0. The number of carbonyl (C=O) groups is 2. The first-order chi connectivity index (χ1) is 16.7. The standard InChI is InChI=1S/C25H23N3O6S/c1-33-22-12-11-19(15-20(22)28-35(2,31)32)26-24(29)13-16-7-9-18(10-8-16)27-25(30)23-14-17-5-3-4-6-21(17)34-23/h3-12,14-15,28H,13H2,1-2H3,(H,26,29)(H,27,30). The minimum absolute atomic E-state index is 0.0820. The molecule has 9 nitrogen and oxygen atoms in total. The normalized spacial score (nSPS) is 11.1. The molecule has 2 amide bonds. The summed E-state index contributed by atoms with van der Waals surface area (Å²) in [6, 6.07) is 20.6. The van der Waals surface area contributed by atoms with Crippen LogP contribution in [-0.4, -0.2) is 33.6 Å². The summed E-state index contributed by atoms with van der Waals surface area (Å²) in [5, 5.41) is 6.35. The van der Waals surface area contributed by atoms with Gasteiger partial charge in [0.1, 0.15) is 11.3 Å². The van der Waals surface area contributed by atoms with E-state index >= 15 is 0 Å². The molecule has 0 saturated carbocycles. The number of furan rings is 1. The molecular formula is C25H23N3O6S. The Hall–Kier alpha value is -4.31. The van der Waals surface area contributed by atoms with Gasteiger partial charge in [0.25, 0.3) is 5.91 Å². The van der Waals surface area contributed by atoms with Gasteiger partial charge in [0.05, 0.1) is 25.5 Å². The van der Waals surface area contributed by atoms with Crippen LogP contribution in [0.1, 0.15) is 16.1 Å². The van der Waals surface area contributed by atoms with Crippen molar-refractivity contribution in [1.82, 2.24) is 0 Å². The largest absolute Gasteiger partial charge is 0.495 e. The smallest absolute Gasteiger partial charge is 0.291 e. The van der Waals surface area contributed by atoms with E-state index in [1.54, 1.807) is 48.5 Å². The van der Waals surface area contributed by atoms with E-state index in [4.69, 9.17) is 9.15 Å². The lowest BCUT2D eigenvalue weighted by atomic mass is 10.1. The van der Waals surface area contributed by atoms with Gasteiger partial charge in [-0.25, -0.2) is 8.42 Å². The molecule has 0 atom stereocenters. The number of amides is 2. The van der Waals surface area contributed by atoms with E-state index < -0.39 is 10.0 Å². The van der Waals surface area contributed by atoms with Gasteiger partial charge < -0.3 is 19.8 Å². The van der Waals surface area contributed by atoms with Crippen LogP contribution < -0.4 is 20.1 Å². The van der Waals surface area contributed by atoms with Crippen molar-refractivity contribution in [2.75, 3.05) is 28.7 Å². The van der Waals surface area contributed by atoms with Gasteiger partial charge in [-0.05, 0) is 48.0 Å². The number of fused-ring (bicyclic) bond motifs is 1. The van der Waals surface area contributed by atoms with Crippen molar-refractivity contribution in [3.05, 3.63) is 84.1 Å². The SMILES string of the molecule is COc1ccc(NC(=O)Cc2ccc(NC(=O)c3cc4ccccc4o3)cc2)cc1NS(C)(=O)=O. The number of ether oxygens (including phenoxy) is 1. The highest BCUT2D eigenvalue weighted by Gasteiger charge is 2.13. The Kier molecular flexibility index (Phi) is 6.74. The third-order valence-electron chi connectivity index (χ3n) is 5.00. The fraction of sp³-hybridized carbons (Fsp3) is 0.120. The van der Waals surface area contributed by atoms with Crippen molar-refractivity contribution in [2.24, 2.45) is 0 Å². The van der Waals surface area contributed by atoms with Gasteiger partial charge in [-0.15, -0.1) is 0 Å². The van der Waals surface area contributed by atoms with Crippen LogP contribution >= 0.6 is 0 Å². The molecule has 0 unspecified atom stereocenters. The first kappa shape index (κ1) is 23.8. The van der Waals surface area contributed by atoms with E-state index in [2.05, 4.69) is 15.4 Å². The van der Waals surface area contributed by atoms with Crippen LogP contribution in [0.4, 0.5) is 17.1 Å². The van der Waals surface area contributed by atoms with Gasteiger partial charge in [-0.3, -0.25) is 14.3 Å². The molecule has 180 valence electrons. The van der Waals surface area contributed by atoms with Gasteiger partial charge in [0.2, 0.25) is 15.9 Å². The highest BCUT2D eigenvalue weighted by atomic mass is 32.2. The lowest BCUT2D eigenvalue weighted by Gasteiger charge is -2.12. The Morgan fingerprint density at radius 1 is 0.914 bits per heavy atom. The zero-order chi connectivity index (χ0) is 25.0. The first-order valence-electron chi connectivity index (χ1n) is 10.5. The molecule has 0 aliphatic rings. The van der Waals surface area contributed by atoms with Crippen LogP contribution in [0.25, 0.3) is 11.0 Å². The number of methoxy groups -OCH3 is 1. The molecule has 0 aliphatic carbocycles. The fourth-order valence-corrected chi connectivity index (χ4v) is 4.01. The number of rotatable bonds is 8. The molecule has 1 aromatic heterocycles. The maximum absolute atomic E-state index is 12.5. The molecule has 0 fully saturated rings. The van der Waals surface area contributed by atoms with Crippen LogP contribution in [-0.2, 0) is 21.2 Å². The molecule has 1 heterocycles. The van der Waals surface area contributed by atoms with Gasteiger partial charge in [-0.2, -0.15) is 0 Å². The lowest BCUT2D eigenvalue weighted by molar-refractivity contribution is -0.115. The molecule has 4 rings (SSSR count). The molecule has 0 radical (unpaired) electrons. The van der Waals surface area contributed by atoms with Gasteiger partial charge >= 0.3 is 0 Å². The number of hydrogen-bond acceptors (Lipinski definition) is 6. The second-order valence-corrected chi connectivity index (χ2v) is 9.56. The zero-order valence-electron chi connectivity index (χ0n) is 19.0. The second-order valence-electron chi connectivity index (χ2n) is 7.81. The Bertz CT molecular complexity index is 1460. The predicted octanol–water partition coefficient (Wildman–Crippen LogP) is 4.25. The van der Waals surface area contributed by atoms with Crippen LogP contribution in [0.5, 0.6) is 5.75 Å². The number of sulfonamides is 1. The zero-order valence-corrected chi connectivity index (χ0v) is 19.8. The summed E-state index contributed by atoms with van der Waals surface area (Å²) in [6.07, 6.45) is 1.11. The molecule has 3 N–H and O–H groups in total. The molecule has 0 bridgehead atoms. The number of carbonyl (C=O) groups excluding carboxylic acids is 2. The number of nitrogens with one attached hydrogen (secondary N) is 3. The van der Waals surface area contributed by atoms with Crippen molar-refractivity contribution in [1.29, 1.82) is 0 Å². The van der Waals surface area contributed by atoms with Crippen LogP contribution in [0.15, 0.2) is 77.2 Å². The molecule has 3 aromatic carbocycles. The maximum Gasteiger partial charge on any atom is 0.291 e. The highest BCUT2D eigenvalue weighted by molar-refractivity contribution is 7.92. The summed E-state index contributed by atoms with van der Waals surface area (Å²) in [5.41, 5.74) is 2.56. The average Bonchev–Trinajstić information content (AvgIpc) is 3.24. The molecule has 10 heteroatoms. The summed E-state index contributed by atoms with van der Waals surface area (Å²) in [6.45, 7) is 0. The minimum atomic E-state index is -3.52. The van der Waals surface area contributed by atoms with E-state index in [9.17, 15) is 18.0 Å². The Morgan fingerprint density at radius 2 is 1.63 bits per heavy atom. The van der Waals surface area contributed by atoms with Crippen molar-refractivity contribution in [2.45, 2.75) is 6.42 Å². The summed E-state index contributed by atoms with van der Waals surface area (Å²) >= 11 is 0. The summed E-state index contributed by atoms with van der Waals surface area (Å²) < 4.78 is 36.2. The molecular weight excluding hydrogens is 470 g/mol. The maximum atomic E-state index is 12.5. The van der Waals surface area contributed by atoms with Crippen LogP contribution in [0, 0.1) is 0 Å². The number of para-hydroxylation sites is 1. The topological polar surface area (TPSA) is 127 Å². The molecule has 4 aromatic rings.